The molecule has 0 bridgehead atoms. The maximum absolute atomic E-state index is 12.6. The minimum Gasteiger partial charge on any atom is -0.478 e. The highest BCUT2D eigenvalue weighted by Gasteiger charge is 2.21. The lowest BCUT2D eigenvalue weighted by atomic mass is 10.2. The molecule has 0 saturated carbocycles. The number of nitrogens with zero attached hydrogens (tertiary/aromatic N) is 3. The van der Waals surface area contributed by atoms with Crippen molar-refractivity contribution in [3.63, 3.8) is 0 Å². The van der Waals surface area contributed by atoms with E-state index in [1.807, 2.05) is 0 Å². The topological polar surface area (TPSA) is 126 Å². The number of aromatic carboxylic acids is 1. The Bertz CT molecular complexity index is 1210. The monoisotopic (exact) mass is 499 g/mol. The number of hydrogen-bond donors (Lipinski definition) is 3. The van der Waals surface area contributed by atoms with E-state index in [4.69, 9.17) is 16.7 Å². The summed E-state index contributed by atoms with van der Waals surface area (Å²) in [5, 5.41) is 23.7. The number of benzene rings is 2. The first-order valence-electron chi connectivity index (χ1n) is 10.2. The highest BCUT2D eigenvalue weighted by molar-refractivity contribution is 7.99. The van der Waals surface area contributed by atoms with Gasteiger partial charge in [0.25, 0.3) is 5.91 Å². The molecule has 0 spiro atoms. The van der Waals surface area contributed by atoms with Crippen molar-refractivity contribution in [1.82, 2.24) is 20.1 Å². The Labute approximate surface area is 205 Å². The molecule has 0 fully saturated rings. The molecule has 1 aromatic heterocycles. The molecule has 0 aliphatic carbocycles. The quantitative estimate of drug-likeness (QED) is 0.284. The summed E-state index contributed by atoms with van der Waals surface area (Å²) in [7, 11) is 0. The molecule has 0 aliphatic rings. The number of nitrogens with one attached hydrogen (secondary N) is 2. The number of thioether (sulfide) groups is 1. The molecule has 0 aliphatic heterocycles. The molecule has 34 heavy (non-hydrogen) atoms. The molecular formula is C23H22ClN5O4S. The van der Waals surface area contributed by atoms with Crippen LogP contribution in [-0.4, -0.2) is 43.4 Å². The summed E-state index contributed by atoms with van der Waals surface area (Å²) in [6.07, 6.45) is 1.67. The molecule has 0 unspecified atom stereocenters. The number of carboxylic acids is 1. The minimum atomic E-state index is -1.04. The third-order valence-corrected chi connectivity index (χ3v) is 5.95. The number of halogens is 1. The number of carbonyl (C=O) groups excluding carboxylic acids is 2. The van der Waals surface area contributed by atoms with E-state index in [-0.39, 0.29) is 23.1 Å². The molecule has 1 heterocycles. The van der Waals surface area contributed by atoms with Gasteiger partial charge in [0.1, 0.15) is 0 Å². The predicted molar refractivity (Wildman–Crippen MR) is 130 cm³/mol. The van der Waals surface area contributed by atoms with Crippen LogP contribution in [0.15, 0.2) is 66.3 Å². The first kappa shape index (κ1) is 25.0. The zero-order valence-electron chi connectivity index (χ0n) is 18.2. The van der Waals surface area contributed by atoms with Crippen LogP contribution in [0.4, 0.5) is 5.69 Å². The second-order valence-corrected chi connectivity index (χ2v) is 8.48. The van der Waals surface area contributed by atoms with Gasteiger partial charge in [0.15, 0.2) is 11.0 Å². The van der Waals surface area contributed by atoms with Crippen molar-refractivity contribution >= 4 is 46.8 Å². The number of allylic oxidation sites excluding steroid dienone is 1. The standard InChI is InChI=1S/C23H22ClN5O4S/c1-3-12-29-20(14(2)25-21(31)17-6-4-5-7-18(17)24)27-28-23(29)34-13-19(30)26-16-10-8-15(9-11-16)22(32)33/h3-11,14H,1,12-13H2,2H3,(H,25,31)(H,26,30)(H,32,33)/t14-/m1/s1. The lowest BCUT2D eigenvalue weighted by Gasteiger charge is -2.15. The Morgan fingerprint density at radius 2 is 1.88 bits per heavy atom. The summed E-state index contributed by atoms with van der Waals surface area (Å²) < 4.78 is 1.77. The Kier molecular flexibility index (Phi) is 8.44. The average molecular weight is 500 g/mol. The fraction of sp³-hybridized carbons (Fsp3) is 0.174. The average Bonchev–Trinajstić information content (AvgIpc) is 3.21. The zero-order chi connectivity index (χ0) is 24.7. The van der Waals surface area contributed by atoms with Gasteiger partial charge in [-0.05, 0) is 43.3 Å². The third-order valence-electron chi connectivity index (χ3n) is 4.66. The molecular weight excluding hydrogens is 478 g/mol. The first-order valence-corrected chi connectivity index (χ1v) is 11.5. The lowest BCUT2D eigenvalue weighted by molar-refractivity contribution is -0.113. The molecule has 11 heteroatoms. The van der Waals surface area contributed by atoms with E-state index < -0.39 is 12.0 Å². The first-order chi connectivity index (χ1) is 16.3. The number of anilines is 1. The molecule has 0 radical (unpaired) electrons. The Balaban J connectivity index is 1.65. The highest BCUT2D eigenvalue weighted by Crippen LogP contribution is 2.22. The summed E-state index contributed by atoms with van der Waals surface area (Å²) in [5.74, 6) is -1.11. The van der Waals surface area contributed by atoms with Gasteiger partial charge in [-0.1, -0.05) is 41.6 Å². The van der Waals surface area contributed by atoms with Crippen LogP contribution in [0.3, 0.4) is 0 Å². The summed E-state index contributed by atoms with van der Waals surface area (Å²) >= 11 is 7.29. The normalized spacial score (nSPS) is 11.5. The fourth-order valence-electron chi connectivity index (χ4n) is 3.04. The maximum atomic E-state index is 12.6. The van der Waals surface area contributed by atoms with Crippen molar-refractivity contribution in [2.45, 2.75) is 24.7 Å². The number of carboxylic acid groups (broad SMARTS) is 1. The summed E-state index contributed by atoms with van der Waals surface area (Å²) in [6.45, 7) is 5.92. The van der Waals surface area contributed by atoms with Gasteiger partial charge in [-0.3, -0.25) is 9.59 Å². The molecule has 9 nitrogen and oxygen atoms in total. The second kappa shape index (κ2) is 11.5. The van der Waals surface area contributed by atoms with E-state index in [2.05, 4.69) is 27.4 Å². The zero-order valence-corrected chi connectivity index (χ0v) is 19.8. The van der Waals surface area contributed by atoms with Crippen LogP contribution in [0.2, 0.25) is 5.02 Å². The van der Waals surface area contributed by atoms with Crippen molar-refractivity contribution in [2.24, 2.45) is 0 Å². The highest BCUT2D eigenvalue weighted by atomic mass is 35.5. The molecule has 3 aromatic rings. The van der Waals surface area contributed by atoms with E-state index in [1.165, 1.54) is 36.0 Å². The summed E-state index contributed by atoms with van der Waals surface area (Å²) in [6, 6.07) is 12.1. The van der Waals surface area contributed by atoms with Crippen LogP contribution in [0.1, 0.15) is 39.5 Å². The van der Waals surface area contributed by atoms with Crippen molar-refractivity contribution in [3.8, 4) is 0 Å². The van der Waals surface area contributed by atoms with Gasteiger partial charge in [0, 0.05) is 12.2 Å². The SMILES string of the molecule is C=CCn1c(SCC(=O)Nc2ccc(C(=O)O)cc2)nnc1[C@@H](C)NC(=O)c1ccccc1Cl. The van der Waals surface area contributed by atoms with E-state index in [9.17, 15) is 14.4 Å². The van der Waals surface area contributed by atoms with Crippen molar-refractivity contribution < 1.29 is 19.5 Å². The number of amides is 2. The van der Waals surface area contributed by atoms with Gasteiger partial charge in [-0.15, -0.1) is 16.8 Å². The number of aromatic nitrogens is 3. The second-order valence-electron chi connectivity index (χ2n) is 7.13. The number of hydrogen-bond acceptors (Lipinski definition) is 6. The molecule has 3 rings (SSSR count). The lowest BCUT2D eigenvalue weighted by Crippen LogP contribution is -2.29. The molecule has 2 aromatic carbocycles. The fourth-order valence-corrected chi connectivity index (χ4v) is 4.01. The largest absolute Gasteiger partial charge is 0.478 e. The van der Waals surface area contributed by atoms with Crippen LogP contribution >= 0.6 is 23.4 Å². The van der Waals surface area contributed by atoms with Gasteiger partial charge in [0.05, 0.1) is 27.9 Å². The Morgan fingerprint density at radius 1 is 1.18 bits per heavy atom. The van der Waals surface area contributed by atoms with Gasteiger partial charge in [-0.25, -0.2) is 4.79 Å². The smallest absolute Gasteiger partial charge is 0.335 e. The van der Waals surface area contributed by atoms with E-state index >= 15 is 0 Å². The van der Waals surface area contributed by atoms with E-state index in [1.54, 1.807) is 41.8 Å². The van der Waals surface area contributed by atoms with E-state index in [0.29, 0.717) is 33.8 Å². The van der Waals surface area contributed by atoms with Gasteiger partial charge in [0.2, 0.25) is 5.91 Å². The maximum Gasteiger partial charge on any atom is 0.335 e. The Morgan fingerprint density at radius 3 is 2.53 bits per heavy atom. The summed E-state index contributed by atoms with van der Waals surface area (Å²) in [4.78, 5) is 35.9. The van der Waals surface area contributed by atoms with Crippen molar-refractivity contribution in [2.75, 3.05) is 11.1 Å². The minimum absolute atomic E-state index is 0.0519. The molecule has 176 valence electrons. The third kappa shape index (κ3) is 6.24. The van der Waals surface area contributed by atoms with Gasteiger partial charge >= 0.3 is 5.97 Å². The van der Waals surface area contributed by atoms with Crippen molar-refractivity contribution in [3.05, 3.63) is 83.2 Å². The van der Waals surface area contributed by atoms with Crippen LogP contribution in [-0.2, 0) is 11.3 Å². The van der Waals surface area contributed by atoms with Gasteiger partial charge < -0.3 is 20.3 Å². The van der Waals surface area contributed by atoms with Crippen LogP contribution < -0.4 is 10.6 Å². The number of rotatable bonds is 10. The predicted octanol–water partition coefficient (Wildman–Crippen LogP) is 4.04. The van der Waals surface area contributed by atoms with Crippen LogP contribution in [0, 0.1) is 0 Å². The van der Waals surface area contributed by atoms with E-state index in [0.717, 1.165) is 0 Å². The Hall–Kier alpha value is -3.63. The van der Waals surface area contributed by atoms with Crippen molar-refractivity contribution in [1.29, 1.82) is 0 Å². The van der Waals surface area contributed by atoms with Crippen LogP contribution in [0.25, 0.3) is 0 Å². The molecule has 1 atom stereocenters. The van der Waals surface area contributed by atoms with Crippen LogP contribution in [0.5, 0.6) is 0 Å². The molecule has 2 amide bonds. The van der Waals surface area contributed by atoms with Gasteiger partial charge in [-0.2, -0.15) is 0 Å². The number of carbonyl (C=O) groups is 3. The molecule has 0 saturated heterocycles. The summed E-state index contributed by atoms with van der Waals surface area (Å²) in [5.41, 5.74) is 0.974. The molecule has 3 N–H and O–H groups in total.